The van der Waals surface area contributed by atoms with E-state index in [9.17, 15) is 19.8 Å². The second-order valence-electron chi connectivity index (χ2n) is 4.97. The highest BCUT2D eigenvalue weighted by Gasteiger charge is 2.29. The molecule has 4 heteroatoms. The number of aliphatic carboxylic acids is 2. The van der Waals surface area contributed by atoms with Crippen LogP contribution in [0.3, 0.4) is 0 Å². The van der Waals surface area contributed by atoms with E-state index in [0.717, 1.165) is 12.0 Å². The highest BCUT2D eigenvalue weighted by atomic mass is 16.4. The van der Waals surface area contributed by atoms with Crippen LogP contribution in [-0.2, 0) is 9.59 Å². The number of rotatable bonds is 4. The standard InChI is InChI=1S/C14H20O4/c1-9(2)4-3-5-10-6-7-11(13(15)16)12(8-10)14(17)18/h4-5,11-12H,3,6-8H2,1-2H3,(H,15,16)(H,17,18)/p-2/b10-5+/t11-,12+/m1/s1. The number of carboxylic acids is 2. The number of carbonyl (C=O) groups is 2. The molecular formula is C14H18O4-2. The zero-order chi connectivity index (χ0) is 13.7. The largest absolute Gasteiger partial charge is 0.550 e. The molecule has 4 nitrogen and oxygen atoms in total. The minimum atomic E-state index is -1.29. The molecule has 0 amide bonds. The van der Waals surface area contributed by atoms with Gasteiger partial charge in [-0.3, -0.25) is 0 Å². The summed E-state index contributed by atoms with van der Waals surface area (Å²) in [5.41, 5.74) is 2.20. The molecule has 0 heterocycles. The summed E-state index contributed by atoms with van der Waals surface area (Å²) in [5, 5.41) is 21.8. The Morgan fingerprint density at radius 2 is 1.83 bits per heavy atom. The van der Waals surface area contributed by atoms with E-state index in [1.807, 2.05) is 26.0 Å². The first-order valence-electron chi connectivity index (χ1n) is 6.14. The molecule has 1 aliphatic carbocycles. The van der Waals surface area contributed by atoms with E-state index in [4.69, 9.17) is 0 Å². The Hall–Kier alpha value is -1.58. The quantitative estimate of drug-likeness (QED) is 0.667. The van der Waals surface area contributed by atoms with Gasteiger partial charge in [0.1, 0.15) is 0 Å². The Balaban J connectivity index is 2.71. The first-order chi connectivity index (χ1) is 8.41. The fraction of sp³-hybridized carbons (Fsp3) is 0.571. The molecule has 0 N–H and O–H groups in total. The van der Waals surface area contributed by atoms with Gasteiger partial charge in [0.05, 0.1) is 0 Å². The molecular weight excluding hydrogens is 232 g/mol. The predicted octanol–water partition coefficient (Wildman–Crippen LogP) is 0.185. The molecule has 0 unspecified atom stereocenters. The van der Waals surface area contributed by atoms with Crippen molar-refractivity contribution in [2.24, 2.45) is 11.8 Å². The minimum absolute atomic E-state index is 0.261. The van der Waals surface area contributed by atoms with Gasteiger partial charge in [0.25, 0.3) is 0 Å². The fourth-order valence-electron chi connectivity index (χ4n) is 2.25. The molecule has 0 saturated heterocycles. The van der Waals surface area contributed by atoms with Crippen LogP contribution in [0.2, 0.25) is 0 Å². The van der Waals surface area contributed by atoms with Gasteiger partial charge in [0.2, 0.25) is 0 Å². The van der Waals surface area contributed by atoms with E-state index in [1.165, 1.54) is 5.57 Å². The van der Waals surface area contributed by atoms with Gasteiger partial charge in [-0.15, -0.1) is 0 Å². The fourth-order valence-corrected chi connectivity index (χ4v) is 2.25. The number of carboxylic acid groups (broad SMARTS) is 2. The molecule has 18 heavy (non-hydrogen) atoms. The van der Waals surface area contributed by atoms with Crippen LogP contribution in [0.15, 0.2) is 23.3 Å². The molecule has 0 radical (unpaired) electrons. The monoisotopic (exact) mass is 250 g/mol. The van der Waals surface area contributed by atoms with Crippen molar-refractivity contribution in [2.45, 2.75) is 39.5 Å². The van der Waals surface area contributed by atoms with Gasteiger partial charge in [-0.05, 0) is 39.5 Å². The summed E-state index contributed by atoms with van der Waals surface area (Å²) in [5.74, 6) is -4.46. The molecule has 2 atom stereocenters. The molecule has 1 saturated carbocycles. The molecule has 0 aromatic heterocycles. The van der Waals surface area contributed by atoms with Crippen LogP contribution in [-0.4, -0.2) is 11.9 Å². The molecule has 100 valence electrons. The second-order valence-corrected chi connectivity index (χ2v) is 4.97. The summed E-state index contributed by atoms with van der Waals surface area (Å²) in [6.07, 6.45) is 5.99. The van der Waals surface area contributed by atoms with Gasteiger partial charge < -0.3 is 19.8 Å². The summed E-state index contributed by atoms with van der Waals surface area (Å²) in [7, 11) is 0. The van der Waals surface area contributed by atoms with Crippen molar-refractivity contribution >= 4 is 11.9 Å². The average molecular weight is 250 g/mol. The SMILES string of the molecule is CC(C)=CC/C=C1\CC[C@@H](C(=O)[O-])[C@@H](C(=O)[O-])C1. The first kappa shape index (κ1) is 14.5. The third-order valence-electron chi connectivity index (χ3n) is 3.28. The van der Waals surface area contributed by atoms with E-state index in [2.05, 4.69) is 0 Å². The molecule has 1 rings (SSSR count). The molecule has 0 bridgehead atoms. The summed E-state index contributed by atoms with van der Waals surface area (Å²) < 4.78 is 0. The Morgan fingerprint density at radius 3 is 2.33 bits per heavy atom. The van der Waals surface area contributed by atoms with E-state index in [-0.39, 0.29) is 6.42 Å². The summed E-state index contributed by atoms with van der Waals surface area (Å²) in [6.45, 7) is 3.99. The first-order valence-corrected chi connectivity index (χ1v) is 6.14. The summed E-state index contributed by atoms with van der Waals surface area (Å²) >= 11 is 0. The Morgan fingerprint density at radius 1 is 1.22 bits per heavy atom. The number of carbonyl (C=O) groups excluding carboxylic acids is 2. The van der Waals surface area contributed by atoms with Crippen molar-refractivity contribution in [2.75, 3.05) is 0 Å². The van der Waals surface area contributed by atoms with Crippen molar-refractivity contribution in [1.29, 1.82) is 0 Å². The van der Waals surface area contributed by atoms with E-state index >= 15 is 0 Å². The van der Waals surface area contributed by atoms with Crippen LogP contribution < -0.4 is 10.2 Å². The van der Waals surface area contributed by atoms with Gasteiger partial charge >= 0.3 is 0 Å². The average Bonchev–Trinajstić information content (AvgIpc) is 2.28. The number of hydrogen-bond donors (Lipinski definition) is 0. The van der Waals surface area contributed by atoms with Crippen LogP contribution in [0.5, 0.6) is 0 Å². The van der Waals surface area contributed by atoms with Crippen molar-refractivity contribution in [3.63, 3.8) is 0 Å². The van der Waals surface area contributed by atoms with Gasteiger partial charge in [0.15, 0.2) is 0 Å². The van der Waals surface area contributed by atoms with Crippen LogP contribution in [0.1, 0.15) is 39.5 Å². The third-order valence-corrected chi connectivity index (χ3v) is 3.28. The lowest BCUT2D eigenvalue weighted by atomic mass is 9.76. The molecule has 0 spiro atoms. The zero-order valence-corrected chi connectivity index (χ0v) is 10.8. The Labute approximate surface area is 107 Å². The lowest BCUT2D eigenvalue weighted by molar-refractivity contribution is -0.327. The topological polar surface area (TPSA) is 80.3 Å². The predicted molar refractivity (Wildman–Crippen MR) is 63.0 cm³/mol. The normalized spacial score (nSPS) is 25.8. The lowest BCUT2D eigenvalue weighted by Gasteiger charge is -2.34. The summed E-state index contributed by atoms with van der Waals surface area (Å²) in [4.78, 5) is 21.8. The van der Waals surface area contributed by atoms with Gasteiger partial charge in [-0.25, -0.2) is 0 Å². The highest BCUT2D eigenvalue weighted by Crippen LogP contribution is 2.33. The van der Waals surface area contributed by atoms with Crippen LogP contribution in [0, 0.1) is 11.8 Å². The molecule has 0 aliphatic heterocycles. The van der Waals surface area contributed by atoms with Gasteiger partial charge in [-0.2, -0.15) is 0 Å². The molecule has 0 aromatic carbocycles. The molecule has 1 fully saturated rings. The van der Waals surface area contributed by atoms with Crippen molar-refractivity contribution in [3.8, 4) is 0 Å². The Kier molecular flexibility index (Phi) is 5.13. The van der Waals surface area contributed by atoms with Crippen molar-refractivity contribution in [3.05, 3.63) is 23.3 Å². The number of hydrogen-bond acceptors (Lipinski definition) is 4. The maximum atomic E-state index is 11.0. The second kappa shape index (κ2) is 6.38. The van der Waals surface area contributed by atoms with Gasteiger partial charge in [0, 0.05) is 23.8 Å². The number of allylic oxidation sites excluding steroid dienone is 4. The van der Waals surface area contributed by atoms with E-state index < -0.39 is 23.8 Å². The zero-order valence-electron chi connectivity index (χ0n) is 10.8. The van der Waals surface area contributed by atoms with Crippen LogP contribution in [0.25, 0.3) is 0 Å². The smallest absolute Gasteiger partial charge is 0.0455 e. The van der Waals surface area contributed by atoms with Crippen LogP contribution in [0.4, 0.5) is 0 Å². The maximum Gasteiger partial charge on any atom is 0.0455 e. The van der Waals surface area contributed by atoms with Crippen LogP contribution >= 0.6 is 0 Å². The third kappa shape index (κ3) is 4.02. The highest BCUT2D eigenvalue weighted by molar-refractivity contribution is 5.78. The van der Waals surface area contributed by atoms with Crippen molar-refractivity contribution in [1.82, 2.24) is 0 Å². The Bertz CT molecular complexity index is 389. The van der Waals surface area contributed by atoms with E-state index in [1.54, 1.807) is 0 Å². The van der Waals surface area contributed by atoms with Gasteiger partial charge in [-0.1, -0.05) is 23.3 Å². The maximum absolute atomic E-state index is 11.0. The molecule has 1 aliphatic rings. The minimum Gasteiger partial charge on any atom is -0.550 e. The molecule has 0 aromatic rings. The summed E-state index contributed by atoms with van der Waals surface area (Å²) in [6, 6.07) is 0. The van der Waals surface area contributed by atoms with E-state index in [0.29, 0.717) is 12.8 Å². The van der Waals surface area contributed by atoms with Crippen molar-refractivity contribution < 1.29 is 19.8 Å². The lowest BCUT2D eigenvalue weighted by Crippen LogP contribution is -2.45.